The van der Waals surface area contributed by atoms with Crippen LogP contribution in [0.4, 0.5) is 28.1 Å². The van der Waals surface area contributed by atoms with Crippen LogP contribution in [-0.4, -0.2) is 104 Å². The van der Waals surface area contributed by atoms with Crippen molar-refractivity contribution in [3.8, 4) is 17.1 Å². The number of urea groups is 1. The van der Waals surface area contributed by atoms with Gasteiger partial charge in [0, 0.05) is 36.6 Å². The molecule has 3 aromatic rings. The van der Waals surface area contributed by atoms with Crippen molar-refractivity contribution in [1.82, 2.24) is 19.9 Å². The fraction of sp³-hybridized carbons (Fsp3) is 0.500. The van der Waals surface area contributed by atoms with E-state index < -0.39 is 0 Å². The molecule has 3 aliphatic heterocycles. The Morgan fingerprint density at radius 1 is 0.795 bits per heavy atom. The van der Waals surface area contributed by atoms with Crippen molar-refractivity contribution in [2.45, 2.75) is 38.8 Å². The number of morpholine rings is 2. The molecule has 3 aliphatic rings. The SMILES string of the molecule is C[C@@H]1COCCN1c1nc(-c2ccc(NC(=O)Nc3ccc(OCCN4CCCC4)cc3)cc2)nc(N2CCOC[C@H]2C)n1. The number of carbonyl (C=O) groups is 1. The van der Waals surface area contributed by atoms with Crippen LogP contribution in [0.2, 0.25) is 0 Å². The Kier molecular flexibility index (Phi) is 9.69. The van der Waals surface area contributed by atoms with Gasteiger partial charge in [-0.15, -0.1) is 0 Å². The van der Waals surface area contributed by atoms with Crippen LogP contribution in [0.15, 0.2) is 48.5 Å². The van der Waals surface area contributed by atoms with Crippen molar-refractivity contribution < 1.29 is 19.0 Å². The zero-order valence-electron chi connectivity index (χ0n) is 25.6. The monoisotopic (exact) mass is 602 g/mol. The molecule has 234 valence electrons. The summed E-state index contributed by atoms with van der Waals surface area (Å²) in [6, 6.07) is 15.0. The first-order chi connectivity index (χ1) is 21.5. The largest absolute Gasteiger partial charge is 0.492 e. The van der Waals surface area contributed by atoms with E-state index >= 15 is 0 Å². The van der Waals surface area contributed by atoms with Crippen LogP contribution < -0.4 is 25.2 Å². The van der Waals surface area contributed by atoms with Gasteiger partial charge in [-0.3, -0.25) is 4.90 Å². The highest BCUT2D eigenvalue weighted by Gasteiger charge is 2.27. The first kappa shape index (κ1) is 30.0. The lowest BCUT2D eigenvalue weighted by Crippen LogP contribution is -2.46. The lowest BCUT2D eigenvalue weighted by molar-refractivity contribution is 0.0969. The number of carbonyl (C=O) groups excluding carboxylic acids is 1. The summed E-state index contributed by atoms with van der Waals surface area (Å²) in [5, 5.41) is 5.79. The van der Waals surface area contributed by atoms with Crippen molar-refractivity contribution in [3.63, 3.8) is 0 Å². The zero-order chi connectivity index (χ0) is 30.3. The number of hydrogen-bond acceptors (Lipinski definition) is 10. The molecule has 0 radical (unpaired) electrons. The van der Waals surface area contributed by atoms with Gasteiger partial charge in [-0.25, -0.2) is 4.79 Å². The van der Waals surface area contributed by atoms with Crippen molar-refractivity contribution in [3.05, 3.63) is 48.5 Å². The average molecular weight is 603 g/mol. The third-order valence-electron chi connectivity index (χ3n) is 8.25. The molecule has 3 fully saturated rings. The number of nitrogens with one attached hydrogen (secondary N) is 2. The molecule has 12 heteroatoms. The molecule has 44 heavy (non-hydrogen) atoms. The van der Waals surface area contributed by atoms with Crippen LogP contribution in [0.25, 0.3) is 11.4 Å². The van der Waals surface area contributed by atoms with Gasteiger partial charge in [-0.05, 0) is 88.3 Å². The number of ether oxygens (including phenoxy) is 3. The maximum absolute atomic E-state index is 12.7. The Bertz CT molecular complexity index is 1340. The van der Waals surface area contributed by atoms with Gasteiger partial charge in [0.05, 0.1) is 38.5 Å². The molecular weight excluding hydrogens is 560 g/mol. The number of hydrogen-bond donors (Lipinski definition) is 2. The highest BCUT2D eigenvalue weighted by Crippen LogP contribution is 2.26. The van der Waals surface area contributed by atoms with Gasteiger partial charge >= 0.3 is 6.03 Å². The Balaban J connectivity index is 1.09. The molecule has 2 N–H and O–H groups in total. The van der Waals surface area contributed by atoms with E-state index in [2.05, 4.69) is 39.2 Å². The van der Waals surface area contributed by atoms with Gasteiger partial charge < -0.3 is 34.6 Å². The summed E-state index contributed by atoms with van der Waals surface area (Å²) < 4.78 is 17.2. The highest BCUT2D eigenvalue weighted by molar-refractivity contribution is 5.99. The number of amides is 2. The van der Waals surface area contributed by atoms with Crippen LogP contribution in [0.1, 0.15) is 26.7 Å². The molecule has 0 saturated carbocycles. The lowest BCUT2D eigenvalue weighted by Gasteiger charge is -2.36. The molecule has 0 bridgehead atoms. The maximum atomic E-state index is 12.7. The predicted molar refractivity (Wildman–Crippen MR) is 171 cm³/mol. The van der Waals surface area contributed by atoms with E-state index in [4.69, 9.17) is 29.2 Å². The molecule has 0 spiro atoms. The van der Waals surface area contributed by atoms with Gasteiger partial charge in [0.15, 0.2) is 5.82 Å². The first-order valence-electron chi connectivity index (χ1n) is 15.6. The number of likely N-dealkylation sites (tertiary alicyclic amines) is 1. The predicted octanol–water partition coefficient (Wildman–Crippen LogP) is 4.11. The number of benzene rings is 2. The Labute approximate surface area is 258 Å². The molecule has 1 aromatic heterocycles. The normalized spacial score (nSPS) is 20.9. The van der Waals surface area contributed by atoms with Crippen molar-refractivity contribution in [2.24, 2.45) is 0 Å². The second-order valence-corrected chi connectivity index (χ2v) is 11.6. The Hall–Kier alpha value is -4.00. The Morgan fingerprint density at radius 3 is 1.89 bits per heavy atom. The summed E-state index contributed by atoms with van der Waals surface area (Å²) in [5.74, 6) is 2.66. The summed E-state index contributed by atoms with van der Waals surface area (Å²) >= 11 is 0. The van der Waals surface area contributed by atoms with E-state index in [0.29, 0.717) is 62.1 Å². The number of anilines is 4. The van der Waals surface area contributed by atoms with E-state index in [0.717, 1.165) is 44.0 Å². The average Bonchev–Trinajstić information content (AvgIpc) is 3.56. The van der Waals surface area contributed by atoms with Crippen LogP contribution in [-0.2, 0) is 9.47 Å². The number of nitrogens with zero attached hydrogens (tertiary/aromatic N) is 6. The highest BCUT2D eigenvalue weighted by atomic mass is 16.5. The van der Waals surface area contributed by atoms with Crippen LogP contribution in [0.5, 0.6) is 5.75 Å². The van der Waals surface area contributed by atoms with E-state index in [1.807, 2.05) is 48.5 Å². The van der Waals surface area contributed by atoms with Gasteiger partial charge in [0.25, 0.3) is 0 Å². The van der Waals surface area contributed by atoms with Gasteiger partial charge in [0.1, 0.15) is 12.4 Å². The fourth-order valence-corrected chi connectivity index (χ4v) is 5.72. The molecule has 12 nitrogen and oxygen atoms in total. The summed E-state index contributed by atoms with van der Waals surface area (Å²) in [4.78, 5) is 34.1. The van der Waals surface area contributed by atoms with E-state index in [-0.39, 0.29) is 18.1 Å². The smallest absolute Gasteiger partial charge is 0.323 e. The zero-order valence-corrected chi connectivity index (χ0v) is 25.6. The third-order valence-corrected chi connectivity index (χ3v) is 8.25. The molecule has 2 atom stereocenters. The van der Waals surface area contributed by atoms with Crippen LogP contribution in [0, 0.1) is 0 Å². The van der Waals surface area contributed by atoms with Gasteiger partial charge in [0.2, 0.25) is 11.9 Å². The minimum atomic E-state index is -0.326. The molecule has 6 rings (SSSR count). The second-order valence-electron chi connectivity index (χ2n) is 11.6. The van der Waals surface area contributed by atoms with Crippen LogP contribution in [0.3, 0.4) is 0 Å². The quantitative estimate of drug-likeness (QED) is 0.371. The lowest BCUT2D eigenvalue weighted by atomic mass is 10.2. The van der Waals surface area contributed by atoms with Crippen molar-refractivity contribution in [1.29, 1.82) is 0 Å². The molecule has 4 heterocycles. The molecule has 0 unspecified atom stereocenters. The van der Waals surface area contributed by atoms with E-state index in [9.17, 15) is 4.79 Å². The van der Waals surface area contributed by atoms with Crippen molar-refractivity contribution >= 4 is 29.3 Å². The first-order valence-corrected chi connectivity index (χ1v) is 15.6. The number of aromatic nitrogens is 3. The maximum Gasteiger partial charge on any atom is 0.323 e. The van der Waals surface area contributed by atoms with Gasteiger partial charge in [-0.1, -0.05) is 0 Å². The molecular formula is C32H42N8O4. The minimum absolute atomic E-state index is 0.155. The van der Waals surface area contributed by atoms with Crippen LogP contribution >= 0.6 is 0 Å². The minimum Gasteiger partial charge on any atom is -0.492 e. The summed E-state index contributed by atoms with van der Waals surface area (Å²) in [7, 11) is 0. The van der Waals surface area contributed by atoms with E-state index in [1.165, 1.54) is 12.8 Å². The summed E-state index contributed by atoms with van der Waals surface area (Å²) in [6.45, 7) is 12.1. The number of rotatable bonds is 9. The molecule has 0 aliphatic carbocycles. The van der Waals surface area contributed by atoms with E-state index in [1.54, 1.807) is 0 Å². The molecule has 2 aromatic carbocycles. The molecule has 3 saturated heterocycles. The topological polar surface area (TPSA) is 117 Å². The Morgan fingerprint density at radius 2 is 1.34 bits per heavy atom. The fourth-order valence-electron chi connectivity index (χ4n) is 5.72. The molecule has 2 amide bonds. The summed E-state index contributed by atoms with van der Waals surface area (Å²) in [6.07, 6.45) is 2.55. The summed E-state index contributed by atoms with van der Waals surface area (Å²) in [5.41, 5.74) is 2.18. The third kappa shape index (κ3) is 7.55. The standard InChI is InChI=1S/C32H42N8O4/c1-23-21-42-18-16-39(23)30-35-29(36-31(37-30)40-17-19-43-22-24(40)2)25-5-7-26(8-6-25)33-32(41)34-27-9-11-28(12-10-27)44-20-15-38-13-3-4-14-38/h5-12,23-24H,3-4,13-22H2,1-2H3,(H2,33,34,41)/t23-,24-/m1/s1. The van der Waals surface area contributed by atoms with Crippen molar-refractivity contribution in [2.75, 3.05) is 86.2 Å². The second kappa shape index (κ2) is 14.2. The van der Waals surface area contributed by atoms with Gasteiger partial charge in [-0.2, -0.15) is 15.0 Å².